The SMILES string of the molecule is COc1ccccc1N1CCN(C[C@H](O)COC[C@H]2C[C@@H]3CC[C@@H]2C3)CC1. The number of hydrogen-bond acceptors (Lipinski definition) is 5. The number of aliphatic hydroxyl groups excluding tert-OH is 1. The second-order valence-electron chi connectivity index (χ2n) is 8.59. The summed E-state index contributed by atoms with van der Waals surface area (Å²) in [5, 5.41) is 10.4. The van der Waals surface area contributed by atoms with Gasteiger partial charge in [0.25, 0.3) is 0 Å². The summed E-state index contributed by atoms with van der Waals surface area (Å²) in [6.07, 6.45) is 5.22. The molecule has 2 bridgehead atoms. The van der Waals surface area contributed by atoms with Gasteiger partial charge in [-0.05, 0) is 49.1 Å². The monoisotopic (exact) mass is 374 g/mol. The first-order valence-corrected chi connectivity index (χ1v) is 10.6. The summed E-state index contributed by atoms with van der Waals surface area (Å²) in [6.45, 7) is 5.86. The van der Waals surface area contributed by atoms with Crippen LogP contribution in [0.1, 0.15) is 25.7 Å². The van der Waals surface area contributed by atoms with E-state index < -0.39 is 0 Å². The van der Waals surface area contributed by atoms with Crippen molar-refractivity contribution in [1.29, 1.82) is 0 Å². The zero-order chi connectivity index (χ0) is 18.6. The number of para-hydroxylation sites is 2. The summed E-state index contributed by atoms with van der Waals surface area (Å²) < 4.78 is 11.4. The first-order valence-electron chi connectivity index (χ1n) is 10.6. The summed E-state index contributed by atoms with van der Waals surface area (Å²) in [7, 11) is 1.72. The van der Waals surface area contributed by atoms with Gasteiger partial charge in [0.2, 0.25) is 0 Å². The second kappa shape index (κ2) is 8.80. The van der Waals surface area contributed by atoms with Gasteiger partial charge in [-0.1, -0.05) is 18.6 Å². The lowest BCUT2D eigenvalue weighted by Crippen LogP contribution is -2.49. The van der Waals surface area contributed by atoms with Crippen molar-refractivity contribution < 1.29 is 14.6 Å². The lowest BCUT2D eigenvalue weighted by atomic mass is 9.90. The van der Waals surface area contributed by atoms with Crippen LogP contribution < -0.4 is 9.64 Å². The van der Waals surface area contributed by atoms with Crippen molar-refractivity contribution in [3.05, 3.63) is 24.3 Å². The van der Waals surface area contributed by atoms with Crippen molar-refractivity contribution in [2.45, 2.75) is 31.8 Å². The van der Waals surface area contributed by atoms with E-state index in [-0.39, 0.29) is 6.10 Å². The van der Waals surface area contributed by atoms with Crippen LogP contribution in [0.25, 0.3) is 0 Å². The van der Waals surface area contributed by atoms with Crippen LogP contribution in [0.5, 0.6) is 5.75 Å². The van der Waals surface area contributed by atoms with Gasteiger partial charge < -0.3 is 19.5 Å². The molecule has 150 valence electrons. The van der Waals surface area contributed by atoms with Gasteiger partial charge in [0.05, 0.1) is 25.5 Å². The molecule has 2 saturated carbocycles. The first-order chi connectivity index (χ1) is 13.2. The Hall–Kier alpha value is -1.30. The fourth-order valence-corrected chi connectivity index (χ4v) is 5.35. The van der Waals surface area contributed by atoms with E-state index in [1.165, 1.54) is 25.7 Å². The van der Waals surface area contributed by atoms with E-state index in [1.807, 2.05) is 12.1 Å². The molecule has 27 heavy (non-hydrogen) atoms. The summed E-state index contributed by atoms with van der Waals surface area (Å²) in [6, 6.07) is 8.19. The molecule has 3 aliphatic rings. The number of anilines is 1. The van der Waals surface area contributed by atoms with E-state index in [0.717, 1.165) is 62.0 Å². The van der Waals surface area contributed by atoms with E-state index in [0.29, 0.717) is 13.2 Å². The third-order valence-corrected chi connectivity index (χ3v) is 6.79. The average molecular weight is 375 g/mol. The van der Waals surface area contributed by atoms with Crippen LogP contribution in [-0.4, -0.2) is 69.2 Å². The Morgan fingerprint density at radius 2 is 1.93 bits per heavy atom. The number of β-amino-alcohol motifs (C(OH)–C–C–N with tert-alkyl or cyclic N) is 1. The molecule has 1 heterocycles. The minimum atomic E-state index is -0.388. The molecule has 1 aromatic rings. The van der Waals surface area contributed by atoms with Crippen molar-refractivity contribution in [1.82, 2.24) is 4.90 Å². The standard InChI is InChI=1S/C22H34N2O3/c1-26-22-5-3-2-4-21(22)24-10-8-23(9-11-24)14-20(25)16-27-15-19-13-17-6-7-18(19)12-17/h2-5,17-20,25H,6-16H2,1H3/t17-,18-,19-,20+/m1/s1. The van der Waals surface area contributed by atoms with E-state index in [1.54, 1.807) is 7.11 Å². The molecular weight excluding hydrogens is 340 g/mol. The number of benzene rings is 1. The van der Waals surface area contributed by atoms with Gasteiger partial charge in [-0.2, -0.15) is 0 Å². The Balaban J connectivity index is 1.15. The van der Waals surface area contributed by atoms with Crippen molar-refractivity contribution in [3.8, 4) is 5.75 Å². The molecule has 3 fully saturated rings. The van der Waals surface area contributed by atoms with Crippen LogP contribution in [0.15, 0.2) is 24.3 Å². The number of ether oxygens (including phenoxy) is 2. The fourth-order valence-electron chi connectivity index (χ4n) is 5.35. The van der Waals surface area contributed by atoms with E-state index in [9.17, 15) is 5.11 Å². The van der Waals surface area contributed by atoms with Crippen LogP contribution in [0.2, 0.25) is 0 Å². The van der Waals surface area contributed by atoms with Crippen LogP contribution in [0.4, 0.5) is 5.69 Å². The van der Waals surface area contributed by atoms with Crippen molar-refractivity contribution in [3.63, 3.8) is 0 Å². The Labute approximate surface area is 163 Å². The van der Waals surface area contributed by atoms with Gasteiger partial charge >= 0.3 is 0 Å². The molecule has 5 nitrogen and oxygen atoms in total. The van der Waals surface area contributed by atoms with Crippen molar-refractivity contribution in [2.75, 3.05) is 57.9 Å². The van der Waals surface area contributed by atoms with Gasteiger partial charge in [0.15, 0.2) is 0 Å². The van der Waals surface area contributed by atoms with Crippen LogP contribution in [0, 0.1) is 17.8 Å². The molecule has 0 aromatic heterocycles. The topological polar surface area (TPSA) is 45.2 Å². The highest BCUT2D eigenvalue weighted by Crippen LogP contribution is 2.48. The zero-order valence-electron chi connectivity index (χ0n) is 16.6. The number of fused-ring (bicyclic) bond motifs is 2. The maximum absolute atomic E-state index is 10.4. The Kier molecular flexibility index (Phi) is 6.21. The van der Waals surface area contributed by atoms with E-state index in [4.69, 9.17) is 9.47 Å². The number of rotatable bonds is 8. The lowest BCUT2D eigenvalue weighted by molar-refractivity contribution is -0.00274. The molecule has 4 rings (SSSR count). The number of hydrogen-bond donors (Lipinski definition) is 1. The summed E-state index contributed by atoms with van der Waals surface area (Å²) in [5.74, 6) is 3.55. The van der Waals surface area contributed by atoms with Crippen LogP contribution in [0.3, 0.4) is 0 Å². The molecule has 4 atom stereocenters. The zero-order valence-corrected chi connectivity index (χ0v) is 16.6. The summed E-state index contributed by atoms with van der Waals surface area (Å²) in [5.41, 5.74) is 1.16. The summed E-state index contributed by atoms with van der Waals surface area (Å²) >= 11 is 0. The maximum atomic E-state index is 10.4. The Morgan fingerprint density at radius 1 is 1.11 bits per heavy atom. The highest BCUT2D eigenvalue weighted by atomic mass is 16.5. The predicted octanol–water partition coefficient (Wildman–Crippen LogP) is 2.63. The molecule has 5 heteroatoms. The first kappa shape index (κ1) is 19.0. The minimum Gasteiger partial charge on any atom is -0.495 e. The second-order valence-corrected chi connectivity index (χ2v) is 8.59. The molecule has 1 aliphatic heterocycles. The van der Waals surface area contributed by atoms with Crippen LogP contribution >= 0.6 is 0 Å². The largest absolute Gasteiger partial charge is 0.495 e. The smallest absolute Gasteiger partial charge is 0.142 e. The van der Waals surface area contributed by atoms with Crippen LogP contribution in [-0.2, 0) is 4.74 Å². The Morgan fingerprint density at radius 3 is 2.63 bits per heavy atom. The Bertz CT molecular complexity index is 603. The average Bonchev–Trinajstić information content (AvgIpc) is 3.32. The molecule has 0 amide bonds. The van der Waals surface area contributed by atoms with E-state index >= 15 is 0 Å². The minimum absolute atomic E-state index is 0.388. The number of methoxy groups -OCH3 is 1. The quantitative estimate of drug-likeness (QED) is 0.758. The van der Waals surface area contributed by atoms with Gasteiger partial charge in [-0.15, -0.1) is 0 Å². The third kappa shape index (κ3) is 4.58. The number of aliphatic hydroxyl groups is 1. The molecule has 1 N–H and O–H groups in total. The lowest BCUT2D eigenvalue weighted by Gasteiger charge is -2.37. The van der Waals surface area contributed by atoms with Gasteiger partial charge in [-0.3, -0.25) is 4.90 Å². The molecule has 0 spiro atoms. The highest BCUT2D eigenvalue weighted by Gasteiger charge is 2.39. The van der Waals surface area contributed by atoms with Gasteiger partial charge in [0.1, 0.15) is 5.75 Å². The fraction of sp³-hybridized carbons (Fsp3) is 0.727. The molecule has 1 aromatic carbocycles. The third-order valence-electron chi connectivity index (χ3n) is 6.79. The predicted molar refractivity (Wildman–Crippen MR) is 107 cm³/mol. The number of nitrogens with zero attached hydrogens (tertiary/aromatic N) is 2. The molecule has 1 saturated heterocycles. The maximum Gasteiger partial charge on any atom is 0.142 e. The molecular formula is C22H34N2O3. The highest BCUT2D eigenvalue weighted by molar-refractivity contribution is 5.58. The molecule has 0 radical (unpaired) electrons. The molecule has 2 aliphatic carbocycles. The number of piperazine rings is 1. The van der Waals surface area contributed by atoms with Crippen molar-refractivity contribution in [2.24, 2.45) is 17.8 Å². The van der Waals surface area contributed by atoms with Gasteiger partial charge in [0, 0.05) is 39.3 Å². The summed E-state index contributed by atoms with van der Waals surface area (Å²) in [4.78, 5) is 4.71. The molecule has 0 unspecified atom stereocenters. The van der Waals surface area contributed by atoms with Gasteiger partial charge in [-0.25, -0.2) is 0 Å². The van der Waals surface area contributed by atoms with Crippen molar-refractivity contribution >= 4 is 5.69 Å². The normalized spacial score (nSPS) is 29.3. The van der Waals surface area contributed by atoms with E-state index in [2.05, 4.69) is 21.9 Å².